The number of aromatic nitrogens is 2. The summed E-state index contributed by atoms with van der Waals surface area (Å²) in [5.41, 5.74) is 0.502. The third-order valence-electron chi connectivity index (χ3n) is 3.81. The third-order valence-corrected chi connectivity index (χ3v) is 3.81. The molecule has 0 unspecified atom stereocenters. The van der Waals surface area contributed by atoms with E-state index in [1.165, 1.54) is 10.8 Å². The number of nitrogens with zero attached hydrogens (tertiary/aromatic N) is 3. The molecular weight excluding hydrogens is 324 g/mol. The highest BCUT2D eigenvalue weighted by Gasteiger charge is 2.33. The number of anilines is 2. The smallest absolute Gasteiger partial charge is 0.254 e. The number of benzene rings is 2. The van der Waals surface area contributed by atoms with E-state index in [-0.39, 0.29) is 18.1 Å². The van der Waals surface area contributed by atoms with Crippen LogP contribution in [-0.4, -0.2) is 15.5 Å². The number of hydrogen-bond acceptors (Lipinski definition) is 2. The maximum absolute atomic E-state index is 14.5. The van der Waals surface area contributed by atoms with Crippen LogP contribution in [0.2, 0.25) is 0 Å². The molecule has 1 amide bonds. The standard InChI is InChI=1S/C19H11F2N3O/c20-15-10-14(7-6-13-4-2-1-3-5-13)11-16(21)18(15)24-17(25)12-23-9-8-22-19(23)24/h1-5,8-11H,12H2. The molecule has 25 heavy (non-hydrogen) atoms. The molecule has 4 nitrogen and oxygen atoms in total. The van der Waals surface area contributed by atoms with Gasteiger partial charge in [-0.15, -0.1) is 0 Å². The Balaban J connectivity index is 1.73. The van der Waals surface area contributed by atoms with Crippen LogP contribution in [0.4, 0.5) is 20.4 Å². The van der Waals surface area contributed by atoms with E-state index in [2.05, 4.69) is 16.8 Å². The lowest BCUT2D eigenvalue weighted by atomic mass is 10.1. The molecular formula is C19H11F2N3O. The van der Waals surface area contributed by atoms with Crippen LogP contribution in [0.3, 0.4) is 0 Å². The Kier molecular flexibility index (Phi) is 3.55. The highest BCUT2D eigenvalue weighted by atomic mass is 19.1. The van der Waals surface area contributed by atoms with Gasteiger partial charge in [0.05, 0.1) is 0 Å². The average molecular weight is 335 g/mol. The third kappa shape index (κ3) is 2.66. The number of carbonyl (C=O) groups excluding carboxylic acids is 1. The summed E-state index contributed by atoms with van der Waals surface area (Å²) in [5, 5.41) is 0. The molecule has 0 N–H and O–H groups in total. The van der Waals surface area contributed by atoms with Gasteiger partial charge in [-0.3, -0.25) is 4.79 Å². The van der Waals surface area contributed by atoms with Crippen LogP contribution in [0, 0.1) is 23.5 Å². The minimum atomic E-state index is -0.859. The number of imidazole rings is 1. The number of carbonyl (C=O) groups is 1. The Hall–Kier alpha value is -3.46. The Bertz CT molecular complexity index is 1010. The number of rotatable bonds is 1. The van der Waals surface area contributed by atoms with Crippen LogP contribution in [0.25, 0.3) is 0 Å². The minimum Gasteiger partial charge on any atom is -0.307 e. The second-order valence-corrected chi connectivity index (χ2v) is 5.49. The Morgan fingerprint density at radius 3 is 2.40 bits per heavy atom. The first-order valence-corrected chi connectivity index (χ1v) is 7.54. The minimum absolute atomic E-state index is 0.00375. The molecule has 1 aliphatic heterocycles. The molecule has 2 heterocycles. The highest BCUT2D eigenvalue weighted by molar-refractivity contribution is 6.02. The number of fused-ring (bicyclic) bond motifs is 1. The molecule has 0 bridgehead atoms. The zero-order chi connectivity index (χ0) is 17.4. The lowest BCUT2D eigenvalue weighted by Gasteiger charge is -2.16. The molecule has 0 atom stereocenters. The first-order valence-electron chi connectivity index (χ1n) is 7.54. The molecule has 2 aromatic carbocycles. The van der Waals surface area contributed by atoms with Crippen molar-refractivity contribution in [3.05, 3.63) is 77.6 Å². The van der Waals surface area contributed by atoms with E-state index in [0.29, 0.717) is 0 Å². The van der Waals surface area contributed by atoms with E-state index in [0.717, 1.165) is 22.6 Å². The van der Waals surface area contributed by atoms with Crippen molar-refractivity contribution in [3.63, 3.8) is 0 Å². The van der Waals surface area contributed by atoms with Crippen molar-refractivity contribution >= 4 is 17.5 Å². The zero-order valence-corrected chi connectivity index (χ0v) is 12.9. The van der Waals surface area contributed by atoms with Crippen molar-refractivity contribution in [1.82, 2.24) is 9.55 Å². The van der Waals surface area contributed by atoms with Gasteiger partial charge < -0.3 is 4.57 Å². The fourth-order valence-corrected chi connectivity index (χ4v) is 2.70. The van der Waals surface area contributed by atoms with Gasteiger partial charge in [0.15, 0.2) is 11.6 Å². The van der Waals surface area contributed by atoms with Crippen molar-refractivity contribution in [2.45, 2.75) is 6.54 Å². The number of halogens is 2. The molecule has 4 rings (SSSR count). The molecule has 0 aliphatic carbocycles. The Morgan fingerprint density at radius 1 is 1.00 bits per heavy atom. The quantitative estimate of drug-likeness (QED) is 0.640. The second-order valence-electron chi connectivity index (χ2n) is 5.49. The first-order chi connectivity index (χ1) is 12.1. The van der Waals surface area contributed by atoms with Gasteiger partial charge in [0.2, 0.25) is 5.95 Å². The van der Waals surface area contributed by atoms with E-state index in [1.54, 1.807) is 18.3 Å². The summed E-state index contributed by atoms with van der Waals surface area (Å²) in [5.74, 6) is 3.62. The van der Waals surface area contributed by atoms with E-state index < -0.39 is 23.2 Å². The SMILES string of the molecule is O=C1Cn2ccnc2N1c1c(F)cc(C#Cc2ccccc2)cc1F. The van der Waals surface area contributed by atoms with Crippen molar-refractivity contribution in [2.75, 3.05) is 4.90 Å². The molecule has 1 aliphatic rings. The fourth-order valence-electron chi connectivity index (χ4n) is 2.70. The molecule has 6 heteroatoms. The van der Waals surface area contributed by atoms with Gasteiger partial charge in [0.1, 0.15) is 12.2 Å². The summed E-state index contributed by atoms with van der Waals surface area (Å²) in [7, 11) is 0. The molecule has 0 saturated carbocycles. The van der Waals surface area contributed by atoms with Crippen molar-refractivity contribution in [1.29, 1.82) is 0 Å². The summed E-state index contributed by atoms with van der Waals surface area (Å²) in [6, 6.07) is 11.4. The van der Waals surface area contributed by atoms with Crippen LogP contribution in [0.1, 0.15) is 11.1 Å². The first kappa shape index (κ1) is 15.1. The van der Waals surface area contributed by atoms with Gasteiger partial charge in [-0.2, -0.15) is 0 Å². The van der Waals surface area contributed by atoms with Crippen LogP contribution < -0.4 is 4.90 Å². The average Bonchev–Trinajstić information content (AvgIpc) is 3.15. The van der Waals surface area contributed by atoms with Gasteiger partial charge in [0.25, 0.3) is 5.91 Å². The second kappa shape index (κ2) is 5.87. The predicted octanol–water partition coefficient (Wildman–Crippen LogP) is 3.24. The van der Waals surface area contributed by atoms with Gasteiger partial charge >= 0.3 is 0 Å². The van der Waals surface area contributed by atoms with Crippen molar-refractivity contribution in [2.24, 2.45) is 0 Å². The van der Waals surface area contributed by atoms with Gasteiger partial charge in [0, 0.05) is 23.5 Å². The van der Waals surface area contributed by atoms with Crippen LogP contribution in [0.15, 0.2) is 54.9 Å². The zero-order valence-electron chi connectivity index (χ0n) is 12.9. The molecule has 1 aromatic heterocycles. The molecule has 0 radical (unpaired) electrons. The Morgan fingerprint density at radius 2 is 1.68 bits per heavy atom. The summed E-state index contributed by atoms with van der Waals surface area (Å²) >= 11 is 0. The maximum Gasteiger partial charge on any atom is 0.254 e. The maximum atomic E-state index is 14.5. The summed E-state index contributed by atoms with van der Waals surface area (Å²) in [6.45, 7) is 0.00375. The highest BCUT2D eigenvalue weighted by Crippen LogP contribution is 2.34. The lowest BCUT2D eigenvalue weighted by Crippen LogP contribution is -2.24. The van der Waals surface area contributed by atoms with Crippen LogP contribution >= 0.6 is 0 Å². The number of amides is 1. The van der Waals surface area contributed by atoms with Gasteiger partial charge in [-0.05, 0) is 24.3 Å². The predicted molar refractivity (Wildman–Crippen MR) is 88.2 cm³/mol. The topological polar surface area (TPSA) is 38.1 Å². The Labute approximate surface area is 142 Å². The van der Waals surface area contributed by atoms with Crippen LogP contribution in [0.5, 0.6) is 0 Å². The molecule has 3 aromatic rings. The normalized spacial score (nSPS) is 12.7. The summed E-state index contributed by atoms with van der Waals surface area (Å²) in [6.07, 6.45) is 3.06. The van der Waals surface area contributed by atoms with E-state index in [1.807, 2.05) is 18.2 Å². The largest absolute Gasteiger partial charge is 0.307 e. The van der Waals surface area contributed by atoms with Crippen molar-refractivity contribution in [3.8, 4) is 11.8 Å². The number of hydrogen-bond donors (Lipinski definition) is 0. The molecule has 0 spiro atoms. The molecule has 0 saturated heterocycles. The monoisotopic (exact) mass is 335 g/mol. The lowest BCUT2D eigenvalue weighted by molar-refractivity contribution is -0.117. The summed E-state index contributed by atoms with van der Waals surface area (Å²) in [4.78, 5) is 17.0. The molecule has 0 fully saturated rings. The van der Waals surface area contributed by atoms with Gasteiger partial charge in [-0.25, -0.2) is 18.7 Å². The molecule has 122 valence electrons. The fraction of sp³-hybridized carbons (Fsp3) is 0.0526. The van der Waals surface area contributed by atoms with Crippen molar-refractivity contribution < 1.29 is 13.6 Å². The van der Waals surface area contributed by atoms with Crippen LogP contribution in [-0.2, 0) is 11.3 Å². The van der Waals surface area contributed by atoms with E-state index in [4.69, 9.17) is 0 Å². The van der Waals surface area contributed by atoms with E-state index in [9.17, 15) is 13.6 Å². The summed E-state index contributed by atoms with van der Waals surface area (Å²) < 4.78 is 30.6. The van der Waals surface area contributed by atoms with E-state index >= 15 is 0 Å². The van der Waals surface area contributed by atoms with Gasteiger partial charge in [-0.1, -0.05) is 30.0 Å².